The maximum Gasteiger partial charge on any atom is 0.321 e. The molecule has 6 nitrogen and oxygen atoms in total. The molecule has 27 heavy (non-hydrogen) atoms. The van der Waals surface area contributed by atoms with E-state index in [2.05, 4.69) is 10.6 Å². The minimum atomic E-state index is -0.350. The standard InChI is InChI=1S/C20H24N4O2.ClH/c1-2-22-20(26)24-11-10-15-8-9-16(12-18(15)24)23-19(25)13-17(21)14-6-4-3-5-7-14;/h3-9,12,17H,2,10-11,13,21H2,1H3,(H,22,26)(H,23,25);1H. The summed E-state index contributed by atoms with van der Waals surface area (Å²) >= 11 is 0. The molecule has 2 aromatic rings. The highest BCUT2D eigenvalue weighted by molar-refractivity contribution is 5.96. The zero-order chi connectivity index (χ0) is 18.5. The van der Waals surface area contributed by atoms with E-state index in [0.717, 1.165) is 23.2 Å². The van der Waals surface area contributed by atoms with Gasteiger partial charge in [-0.05, 0) is 36.6 Å². The molecule has 1 atom stereocenters. The molecule has 1 unspecified atom stereocenters. The molecule has 0 radical (unpaired) electrons. The molecule has 4 N–H and O–H groups in total. The fraction of sp³-hybridized carbons (Fsp3) is 0.300. The molecule has 1 heterocycles. The normalized spacial score (nSPS) is 13.3. The second kappa shape index (κ2) is 9.39. The second-order valence-electron chi connectivity index (χ2n) is 6.35. The number of nitrogens with one attached hydrogen (secondary N) is 2. The molecule has 0 bridgehead atoms. The lowest BCUT2D eigenvalue weighted by molar-refractivity contribution is -0.116. The Balaban J connectivity index is 0.00000261. The van der Waals surface area contributed by atoms with Gasteiger partial charge in [0.1, 0.15) is 0 Å². The number of urea groups is 1. The summed E-state index contributed by atoms with van der Waals surface area (Å²) in [5.41, 5.74) is 9.67. The molecular weight excluding hydrogens is 364 g/mol. The fourth-order valence-electron chi connectivity index (χ4n) is 3.14. The van der Waals surface area contributed by atoms with Crippen molar-refractivity contribution in [3.05, 3.63) is 59.7 Å². The van der Waals surface area contributed by atoms with Crippen LogP contribution in [0, 0.1) is 0 Å². The van der Waals surface area contributed by atoms with Crippen molar-refractivity contribution in [3.8, 4) is 0 Å². The Kier molecular flexibility index (Phi) is 7.21. The first-order valence-corrected chi connectivity index (χ1v) is 8.87. The average molecular weight is 389 g/mol. The zero-order valence-corrected chi connectivity index (χ0v) is 16.1. The average Bonchev–Trinajstić information content (AvgIpc) is 3.06. The van der Waals surface area contributed by atoms with Gasteiger partial charge in [-0.3, -0.25) is 9.69 Å². The summed E-state index contributed by atoms with van der Waals surface area (Å²) in [6.07, 6.45) is 1.01. The van der Waals surface area contributed by atoms with Crippen LogP contribution in [0.4, 0.5) is 16.2 Å². The lowest BCUT2D eigenvalue weighted by atomic mass is 10.0. The maximum atomic E-state index is 12.3. The van der Waals surface area contributed by atoms with Gasteiger partial charge in [0.15, 0.2) is 0 Å². The van der Waals surface area contributed by atoms with Crippen molar-refractivity contribution < 1.29 is 9.59 Å². The number of hydrogen-bond acceptors (Lipinski definition) is 3. The molecule has 144 valence electrons. The van der Waals surface area contributed by atoms with E-state index < -0.39 is 0 Å². The Morgan fingerprint density at radius 3 is 2.63 bits per heavy atom. The number of fused-ring (bicyclic) bond motifs is 1. The van der Waals surface area contributed by atoms with Crippen LogP contribution in [0.1, 0.15) is 30.5 Å². The van der Waals surface area contributed by atoms with Gasteiger partial charge in [-0.25, -0.2) is 4.79 Å². The molecule has 0 saturated carbocycles. The molecule has 7 heteroatoms. The van der Waals surface area contributed by atoms with Crippen molar-refractivity contribution in [1.29, 1.82) is 0 Å². The third-order valence-electron chi connectivity index (χ3n) is 4.47. The number of rotatable bonds is 5. The van der Waals surface area contributed by atoms with E-state index in [4.69, 9.17) is 5.73 Å². The predicted molar refractivity (Wildman–Crippen MR) is 110 cm³/mol. The zero-order valence-electron chi connectivity index (χ0n) is 15.3. The molecule has 0 aromatic heterocycles. The van der Waals surface area contributed by atoms with Gasteiger partial charge in [0.2, 0.25) is 5.91 Å². The molecule has 3 rings (SSSR count). The van der Waals surface area contributed by atoms with Crippen LogP contribution in [0.3, 0.4) is 0 Å². The number of halogens is 1. The number of amides is 3. The van der Waals surface area contributed by atoms with Crippen LogP contribution >= 0.6 is 12.4 Å². The summed E-state index contributed by atoms with van der Waals surface area (Å²) in [5, 5.41) is 5.70. The highest BCUT2D eigenvalue weighted by Crippen LogP contribution is 2.31. The SMILES string of the molecule is CCNC(=O)N1CCc2ccc(NC(=O)CC(N)c3ccccc3)cc21.Cl. The molecule has 2 aromatic carbocycles. The molecular formula is C20H25ClN4O2. The molecule has 1 aliphatic heterocycles. The quantitative estimate of drug-likeness (QED) is 0.734. The third-order valence-corrected chi connectivity index (χ3v) is 4.47. The first-order valence-electron chi connectivity index (χ1n) is 8.87. The van der Waals surface area contributed by atoms with E-state index in [-0.39, 0.29) is 36.8 Å². The number of benzene rings is 2. The van der Waals surface area contributed by atoms with Gasteiger partial charge in [-0.2, -0.15) is 0 Å². The minimum Gasteiger partial charge on any atom is -0.338 e. The van der Waals surface area contributed by atoms with Gasteiger partial charge >= 0.3 is 6.03 Å². The van der Waals surface area contributed by atoms with E-state index in [1.54, 1.807) is 4.90 Å². The van der Waals surface area contributed by atoms with Crippen LogP contribution in [-0.4, -0.2) is 25.0 Å². The fourth-order valence-corrected chi connectivity index (χ4v) is 3.14. The van der Waals surface area contributed by atoms with Crippen LogP contribution in [0.25, 0.3) is 0 Å². The van der Waals surface area contributed by atoms with E-state index in [1.807, 2.05) is 55.5 Å². The van der Waals surface area contributed by atoms with Gasteiger partial charge in [0.25, 0.3) is 0 Å². The Hall–Kier alpha value is -2.57. The predicted octanol–water partition coefficient (Wildman–Crippen LogP) is 3.23. The highest BCUT2D eigenvalue weighted by Gasteiger charge is 2.24. The Morgan fingerprint density at radius 2 is 1.93 bits per heavy atom. The largest absolute Gasteiger partial charge is 0.338 e. The van der Waals surface area contributed by atoms with Crippen LogP contribution in [-0.2, 0) is 11.2 Å². The third kappa shape index (κ3) is 4.99. The Bertz CT molecular complexity index is 798. The lowest BCUT2D eigenvalue weighted by Gasteiger charge is -2.18. The molecule has 0 saturated heterocycles. The Labute approximate surface area is 165 Å². The topological polar surface area (TPSA) is 87.5 Å². The summed E-state index contributed by atoms with van der Waals surface area (Å²) in [6, 6.07) is 14.8. The lowest BCUT2D eigenvalue weighted by Crippen LogP contribution is -2.38. The monoisotopic (exact) mass is 388 g/mol. The van der Waals surface area contributed by atoms with Gasteiger partial charge < -0.3 is 16.4 Å². The van der Waals surface area contributed by atoms with E-state index in [1.165, 1.54) is 0 Å². The summed E-state index contributed by atoms with van der Waals surface area (Å²) in [5.74, 6) is -0.149. The van der Waals surface area contributed by atoms with Crippen LogP contribution in [0.5, 0.6) is 0 Å². The second-order valence-corrected chi connectivity index (χ2v) is 6.35. The summed E-state index contributed by atoms with van der Waals surface area (Å²) < 4.78 is 0. The molecule has 0 aliphatic carbocycles. The molecule has 1 aliphatic rings. The van der Waals surface area contributed by atoms with E-state index >= 15 is 0 Å². The number of nitrogens with two attached hydrogens (primary N) is 1. The first kappa shape index (κ1) is 20.7. The van der Waals surface area contributed by atoms with E-state index in [0.29, 0.717) is 18.8 Å². The van der Waals surface area contributed by atoms with Crippen molar-refractivity contribution in [2.24, 2.45) is 5.73 Å². The summed E-state index contributed by atoms with van der Waals surface area (Å²) in [4.78, 5) is 26.2. The summed E-state index contributed by atoms with van der Waals surface area (Å²) in [7, 11) is 0. The summed E-state index contributed by atoms with van der Waals surface area (Å²) in [6.45, 7) is 3.12. The molecule has 3 amide bonds. The van der Waals surface area contributed by atoms with Crippen molar-refractivity contribution in [2.45, 2.75) is 25.8 Å². The number of anilines is 2. The number of hydrogen-bond donors (Lipinski definition) is 3. The van der Waals surface area contributed by atoms with Crippen LogP contribution < -0.4 is 21.3 Å². The smallest absolute Gasteiger partial charge is 0.321 e. The minimum absolute atomic E-state index is 0. The van der Waals surface area contributed by atoms with Crippen LogP contribution in [0.2, 0.25) is 0 Å². The number of carbonyl (C=O) groups is 2. The van der Waals surface area contributed by atoms with Gasteiger partial charge in [0, 0.05) is 31.2 Å². The van der Waals surface area contributed by atoms with Gasteiger partial charge in [-0.1, -0.05) is 36.4 Å². The van der Waals surface area contributed by atoms with Gasteiger partial charge in [-0.15, -0.1) is 12.4 Å². The number of nitrogens with zero attached hydrogens (tertiary/aromatic N) is 1. The van der Waals surface area contributed by atoms with Crippen LogP contribution in [0.15, 0.2) is 48.5 Å². The van der Waals surface area contributed by atoms with Crippen molar-refractivity contribution in [2.75, 3.05) is 23.3 Å². The maximum absolute atomic E-state index is 12.3. The Morgan fingerprint density at radius 1 is 1.19 bits per heavy atom. The van der Waals surface area contributed by atoms with Crippen molar-refractivity contribution in [1.82, 2.24) is 5.32 Å². The van der Waals surface area contributed by atoms with Crippen molar-refractivity contribution in [3.63, 3.8) is 0 Å². The van der Waals surface area contributed by atoms with Gasteiger partial charge in [0.05, 0.1) is 5.69 Å². The molecule has 0 spiro atoms. The highest BCUT2D eigenvalue weighted by atomic mass is 35.5. The number of carbonyl (C=O) groups excluding carboxylic acids is 2. The van der Waals surface area contributed by atoms with Crippen molar-refractivity contribution >= 4 is 35.7 Å². The first-order chi connectivity index (χ1) is 12.6. The van der Waals surface area contributed by atoms with E-state index in [9.17, 15) is 9.59 Å². The molecule has 0 fully saturated rings.